The van der Waals surface area contributed by atoms with Crippen molar-refractivity contribution >= 4 is 0 Å². The van der Waals surface area contributed by atoms with E-state index in [0.29, 0.717) is 0 Å². The van der Waals surface area contributed by atoms with E-state index in [4.69, 9.17) is 0 Å². The predicted octanol–water partition coefficient (Wildman–Crippen LogP) is 1.15. The van der Waals surface area contributed by atoms with Crippen LogP contribution in [0.2, 0.25) is 0 Å². The summed E-state index contributed by atoms with van der Waals surface area (Å²) >= 11 is 0. The average molecular weight is 225 g/mol. The van der Waals surface area contributed by atoms with E-state index in [1.807, 2.05) is 7.05 Å². The van der Waals surface area contributed by atoms with Gasteiger partial charge in [0.25, 0.3) is 0 Å². The molecule has 0 amide bonds. The van der Waals surface area contributed by atoms with E-state index < -0.39 is 0 Å². The van der Waals surface area contributed by atoms with Crippen LogP contribution in [0.1, 0.15) is 32.6 Å². The van der Waals surface area contributed by atoms with Gasteiger partial charge in [0.05, 0.1) is 0 Å². The fourth-order valence-electron chi connectivity index (χ4n) is 2.95. The van der Waals surface area contributed by atoms with E-state index in [0.717, 1.165) is 24.7 Å². The molecule has 16 heavy (non-hydrogen) atoms. The van der Waals surface area contributed by atoms with Gasteiger partial charge in [0, 0.05) is 24.7 Å². The molecule has 1 aliphatic heterocycles. The normalized spacial score (nSPS) is 31.5. The smallest absolute Gasteiger partial charge is 0.0235 e. The largest absolute Gasteiger partial charge is 0.320 e. The SMILES string of the molecule is CNCCCN(C)C1CC(C)N(C2CC2)C1. The predicted molar refractivity (Wildman–Crippen MR) is 68.8 cm³/mol. The highest BCUT2D eigenvalue weighted by Crippen LogP contribution is 2.34. The molecular formula is C13H27N3. The average Bonchev–Trinajstić information content (AvgIpc) is 3.02. The van der Waals surface area contributed by atoms with Gasteiger partial charge in [-0.2, -0.15) is 0 Å². The molecule has 1 heterocycles. The molecule has 1 saturated heterocycles. The lowest BCUT2D eigenvalue weighted by Gasteiger charge is -2.24. The molecule has 0 aromatic carbocycles. The number of nitrogens with zero attached hydrogens (tertiary/aromatic N) is 2. The first-order valence-electron chi connectivity index (χ1n) is 6.83. The lowest BCUT2D eigenvalue weighted by atomic mass is 10.1. The van der Waals surface area contributed by atoms with Crippen LogP contribution in [-0.2, 0) is 0 Å². The van der Waals surface area contributed by atoms with Crippen molar-refractivity contribution in [3.63, 3.8) is 0 Å². The monoisotopic (exact) mass is 225 g/mol. The summed E-state index contributed by atoms with van der Waals surface area (Å²) in [5.74, 6) is 0. The van der Waals surface area contributed by atoms with Gasteiger partial charge in [-0.1, -0.05) is 0 Å². The summed E-state index contributed by atoms with van der Waals surface area (Å²) in [5.41, 5.74) is 0. The van der Waals surface area contributed by atoms with Crippen LogP contribution in [0.3, 0.4) is 0 Å². The van der Waals surface area contributed by atoms with Gasteiger partial charge in [0.2, 0.25) is 0 Å². The Morgan fingerprint density at radius 3 is 2.75 bits per heavy atom. The highest BCUT2D eigenvalue weighted by molar-refractivity contribution is 4.96. The zero-order valence-electron chi connectivity index (χ0n) is 11.1. The summed E-state index contributed by atoms with van der Waals surface area (Å²) in [4.78, 5) is 5.30. The van der Waals surface area contributed by atoms with Crippen LogP contribution >= 0.6 is 0 Å². The molecule has 1 saturated carbocycles. The number of likely N-dealkylation sites (N-methyl/N-ethyl adjacent to an activating group) is 1. The van der Waals surface area contributed by atoms with Crippen LogP contribution < -0.4 is 5.32 Å². The van der Waals surface area contributed by atoms with Gasteiger partial charge < -0.3 is 10.2 Å². The second kappa shape index (κ2) is 5.48. The Bertz CT molecular complexity index is 215. The van der Waals surface area contributed by atoms with E-state index >= 15 is 0 Å². The first-order chi connectivity index (χ1) is 7.72. The molecule has 3 heteroatoms. The van der Waals surface area contributed by atoms with Crippen molar-refractivity contribution < 1.29 is 0 Å². The minimum atomic E-state index is 0.799. The summed E-state index contributed by atoms with van der Waals surface area (Å²) in [5, 5.41) is 3.22. The fraction of sp³-hybridized carbons (Fsp3) is 1.00. The maximum absolute atomic E-state index is 3.22. The Labute approximate surface area is 100 Å². The highest BCUT2D eigenvalue weighted by Gasteiger charge is 2.39. The highest BCUT2D eigenvalue weighted by atomic mass is 15.3. The standard InChI is InChI=1S/C13H27N3/c1-11-9-13(10-16(11)12-5-6-12)15(3)8-4-7-14-2/h11-14H,4-10H2,1-3H3. The number of hydrogen-bond acceptors (Lipinski definition) is 3. The maximum Gasteiger partial charge on any atom is 0.0235 e. The van der Waals surface area contributed by atoms with Crippen molar-refractivity contribution in [2.45, 2.75) is 50.7 Å². The van der Waals surface area contributed by atoms with Crippen molar-refractivity contribution in [3.8, 4) is 0 Å². The second-order valence-corrected chi connectivity index (χ2v) is 5.60. The molecule has 94 valence electrons. The summed E-state index contributed by atoms with van der Waals surface area (Å²) < 4.78 is 0. The lowest BCUT2D eigenvalue weighted by Crippen LogP contribution is -2.36. The van der Waals surface area contributed by atoms with Crippen molar-refractivity contribution in [1.82, 2.24) is 15.1 Å². The Balaban J connectivity index is 1.73. The van der Waals surface area contributed by atoms with Gasteiger partial charge in [0.1, 0.15) is 0 Å². The van der Waals surface area contributed by atoms with Crippen LogP contribution in [0.25, 0.3) is 0 Å². The molecule has 2 atom stereocenters. The van der Waals surface area contributed by atoms with Gasteiger partial charge >= 0.3 is 0 Å². The molecule has 2 aliphatic rings. The van der Waals surface area contributed by atoms with E-state index in [2.05, 4.69) is 29.1 Å². The summed E-state index contributed by atoms with van der Waals surface area (Å²) in [6, 6.07) is 2.54. The molecule has 0 radical (unpaired) electrons. The molecule has 1 aliphatic carbocycles. The molecule has 1 N–H and O–H groups in total. The van der Waals surface area contributed by atoms with Crippen LogP contribution in [0.5, 0.6) is 0 Å². The van der Waals surface area contributed by atoms with E-state index in [9.17, 15) is 0 Å². The summed E-state index contributed by atoms with van der Waals surface area (Å²) in [6.07, 6.45) is 5.52. The van der Waals surface area contributed by atoms with Crippen molar-refractivity contribution in [3.05, 3.63) is 0 Å². The molecule has 2 rings (SSSR count). The Morgan fingerprint density at radius 2 is 2.12 bits per heavy atom. The minimum absolute atomic E-state index is 0.799. The first kappa shape index (κ1) is 12.3. The van der Waals surface area contributed by atoms with Gasteiger partial charge in [0.15, 0.2) is 0 Å². The van der Waals surface area contributed by atoms with Gasteiger partial charge in [-0.05, 0) is 59.8 Å². The number of likely N-dealkylation sites (tertiary alicyclic amines) is 1. The summed E-state index contributed by atoms with van der Waals surface area (Å²) in [7, 11) is 4.33. The van der Waals surface area contributed by atoms with Crippen LogP contribution in [0.15, 0.2) is 0 Å². The number of nitrogens with one attached hydrogen (secondary N) is 1. The second-order valence-electron chi connectivity index (χ2n) is 5.60. The topological polar surface area (TPSA) is 18.5 Å². The van der Waals surface area contributed by atoms with Gasteiger partial charge in [-0.25, -0.2) is 0 Å². The van der Waals surface area contributed by atoms with Crippen molar-refractivity contribution in [2.75, 3.05) is 33.7 Å². The quantitative estimate of drug-likeness (QED) is 0.684. The summed E-state index contributed by atoms with van der Waals surface area (Å²) in [6.45, 7) is 6.08. The Kier molecular flexibility index (Phi) is 4.22. The van der Waals surface area contributed by atoms with Crippen LogP contribution in [-0.4, -0.2) is 61.7 Å². The zero-order chi connectivity index (χ0) is 11.5. The van der Waals surface area contributed by atoms with Crippen LogP contribution in [0, 0.1) is 0 Å². The van der Waals surface area contributed by atoms with E-state index in [-0.39, 0.29) is 0 Å². The third-order valence-corrected chi connectivity index (χ3v) is 4.18. The Hall–Kier alpha value is -0.120. The van der Waals surface area contributed by atoms with Gasteiger partial charge in [-0.3, -0.25) is 4.90 Å². The zero-order valence-corrected chi connectivity index (χ0v) is 11.1. The molecule has 0 bridgehead atoms. The molecule has 3 nitrogen and oxygen atoms in total. The molecule has 2 unspecified atom stereocenters. The molecule has 0 aromatic heterocycles. The minimum Gasteiger partial charge on any atom is -0.320 e. The van der Waals surface area contributed by atoms with Crippen LogP contribution in [0.4, 0.5) is 0 Å². The van der Waals surface area contributed by atoms with Crippen molar-refractivity contribution in [2.24, 2.45) is 0 Å². The maximum atomic E-state index is 3.22. The molecule has 2 fully saturated rings. The Morgan fingerprint density at radius 1 is 1.38 bits per heavy atom. The van der Waals surface area contributed by atoms with Gasteiger partial charge in [-0.15, -0.1) is 0 Å². The molecule has 0 aromatic rings. The fourth-order valence-corrected chi connectivity index (χ4v) is 2.95. The number of hydrogen-bond donors (Lipinski definition) is 1. The lowest BCUT2D eigenvalue weighted by molar-refractivity contribution is 0.218. The van der Waals surface area contributed by atoms with Crippen molar-refractivity contribution in [1.29, 1.82) is 0 Å². The third kappa shape index (κ3) is 2.96. The molecular weight excluding hydrogens is 198 g/mol. The van der Waals surface area contributed by atoms with E-state index in [1.54, 1.807) is 0 Å². The number of rotatable bonds is 6. The third-order valence-electron chi connectivity index (χ3n) is 4.18. The first-order valence-corrected chi connectivity index (χ1v) is 6.83. The molecule has 0 spiro atoms. The van der Waals surface area contributed by atoms with E-state index in [1.165, 1.54) is 38.8 Å².